The molecule has 0 fully saturated rings. The van der Waals surface area contributed by atoms with E-state index in [4.69, 9.17) is 5.73 Å². The van der Waals surface area contributed by atoms with Gasteiger partial charge in [0.25, 0.3) is 0 Å². The van der Waals surface area contributed by atoms with Crippen LogP contribution in [-0.4, -0.2) is 16.7 Å². The fourth-order valence-corrected chi connectivity index (χ4v) is 2.26. The number of aromatic nitrogens is 2. The molecule has 84 valence electrons. The summed E-state index contributed by atoms with van der Waals surface area (Å²) in [5.74, 6) is -0.260. The Morgan fingerprint density at radius 1 is 1.25 bits per heavy atom. The first kappa shape index (κ1) is 11.2. The zero-order valence-electron chi connectivity index (χ0n) is 8.69. The molecule has 0 amide bonds. The smallest absolute Gasteiger partial charge is 0.150 e. The van der Waals surface area contributed by atoms with Gasteiger partial charge < -0.3 is 5.73 Å². The normalized spacial score (nSPS) is 10.6. The Labute approximate surface area is 97.1 Å². The van der Waals surface area contributed by atoms with Crippen LogP contribution in [0.1, 0.15) is 11.4 Å². The summed E-state index contributed by atoms with van der Waals surface area (Å²) >= 11 is 1.42. The number of benzene rings is 1. The number of rotatable bonds is 4. The average Bonchev–Trinajstić information content (AvgIpc) is 2.75. The van der Waals surface area contributed by atoms with E-state index in [1.807, 2.05) is 0 Å². The lowest BCUT2D eigenvalue weighted by Crippen LogP contribution is -1.99. The fraction of sp³-hybridized carbons (Fsp3) is 0.273. The summed E-state index contributed by atoms with van der Waals surface area (Å²) in [6.07, 6.45) is 1.69. The molecule has 1 aromatic heterocycles. The van der Waals surface area contributed by atoms with E-state index in [0.29, 0.717) is 17.1 Å². The molecule has 2 N–H and O–H groups in total. The van der Waals surface area contributed by atoms with Crippen molar-refractivity contribution in [3.05, 3.63) is 35.1 Å². The van der Waals surface area contributed by atoms with Crippen LogP contribution in [0, 0.1) is 5.82 Å². The molecule has 0 atom stereocenters. The van der Waals surface area contributed by atoms with E-state index >= 15 is 0 Å². The molecule has 0 unspecified atom stereocenters. The number of aryl methyl sites for hydroxylation is 1. The molecular weight excluding hydrogens is 225 g/mol. The molecule has 0 saturated heterocycles. The van der Waals surface area contributed by atoms with Crippen LogP contribution in [0.4, 0.5) is 4.39 Å². The number of halogens is 1. The highest BCUT2D eigenvalue weighted by molar-refractivity contribution is 7.14. The lowest BCUT2D eigenvalue weighted by atomic mass is 10.2. The molecule has 0 bridgehead atoms. The standard InChI is InChI=1S/C11H12FN3S/c12-9-5-2-1-4-8(9)11-15-14-10(16-11)6-3-7-13/h1-2,4-5H,3,6-7,13H2. The Hall–Kier alpha value is -1.33. The SMILES string of the molecule is NCCCc1nnc(-c2ccccc2F)s1. The Balaban J connectivity index is 2.22. The summed E-state index contributed by atoms with van der Waals surface area (Å²) < 4.78 is 13.5. The molecule has 1 heterocycles. The van der Waals surface area contributed by atoms with Gasteiger partial charge in [-0.25, -0.2) is 4.39 Å². The van der Waals surface area contributed by atoms with Gasteiger partial charge in [-0.3, -0.25) is 0 Å². The topological polar surface area (TPSA) is 51.8 Å². The first-order chi connectivity index (χ1) is 7.81. The monoisotopic (exact) mass is 237 g/mol. The minimum Gasteiger partial charge on any atom is -0.330 e. The minimum atomic E-state index is -0.260. The first-order valence-electron chi connectivity index (χ1n) is 5.08. The lowest BCUT2D eigenvalue weighted by molar-refractivity contribution is 0.631. The lowest BCUT2D eigenvalue weighted by Gasteiger charge is -1.95. The van der Waals surface area contributed by atoms with Gasteiger partial charge in [0, 0.05) is 12.0 Å². The highest BCUT2D eigenvalue weighted by atomic mass is 32.1. The third-order valence-electron chi connectivity index (χ3n) is 2.17. The summed E-state index contributed by atoms with van der Waals surface area (Å²) in [7, 11) is 0. The van der Waals surface area contributed by atoms with Crippen molar-refractivity contribution in [3.8, 4) is 10.6 Å². The van der Waals surface area contributed by atoms with Gasteiger partial charge in [-0.15, -0.1) is 10.2 Å². The molecule has 3 nitrogen and oxygen atoms in total. The van der Waals surface area contributed by atoms with Crippen molar-refractivity contribution in [2.24, 2.45) is 5.73 Å². The summed E-state index contributed by atoms with van der Waals surface area (Å²) in [4.78, 5) is 0. The van der Waals surface area contributed by atoms with Crippen LogP contribution in [0.2, 0.25) is 0 Å². The van der Waals surface area contributed by atoms with Crippen LogP contribution in [0.3, 0.4) is 0 Å². The van der Waals surface area contributed by atoms with Gasteiger partial charge >= 0.3 is 0 Å². The summed E-state index contributed by atoms with van der Waals surface area (Å²) in [6.45, 7) is 0.634. The molecule has 0 spiro atoms. The van der Waals surface area contributed by atoms with Crippen LogP contribution in [-0.2, 0) is 6.42 Å². The fourth-order valence-electron chi connectivity index (χ4n) is 1.35. The van der Waals surface area contributed by atoms with Gasteiger partial charge in [0.15, 0.2) is 5.01 Å². The van der Waals surface area contributed by atoms with Gasteiger partial charge in [-0.2, -0.15) is 0 Å². The molecule has 2 aromatic rings. The Morgan fingerprint density at radius 2 is 2.06 bits per heavy atom. The zero-order chi connectivity index (χ0) is 11.4. The van der Waals surface area contributed by atoms with Crippen LogP contribution < -0.4 is 5.73 Å². The third kappa shape index (κ3) is 2.43. The summed E-state index contributed by atoms with van der Waals surface area (Å²) in [6, 6.07) is 6.59. The highest BCUT2D eigenvalue weighted by Gasteiger charge is 2.09. The van der Waals surface area contributed by atoms with Gasteiger partial charge in [-0.1, -0.05) is 23.5 Å². The number of hydrogen-bond acceptors (Lipinski definition) is 4. The van der Waals surface area contributed by atoms with E-state index in [1.54, 1.807) is 18.2 Å². The van der Waals surface area contributed by atoms with Gasteiger partial charge in [-0.05, 0) is 25.1 Å². The van der Waals surface area contributed by atoms with Gasteiger partial charge in [0.05, 0.1) is 0 Å². The largest absolute Gasteiger partial charge is 0.330 e. The maximum absolute atomic E-state index is 13.5. The van der Waals surface area contributed by atoms with E-state index in [1.165, 1.54) is 17.4 Å². The number of nitrogens with zero attached hydrogens (tertiary/aromatic N) is 2. The van der Waals surface area contributed by atoms with E-state index in [0.717, 1.165) is 17.8 Å². The van der Waals surface area contributed by atoms with Crippen molar-refractivity contribution in [3.63, 3.8) is 0 Å². The van der Waals surface area contributed by atoms with Gasteiger partial charge in [0.2, 0.25) is 0 Å². The molecule has 5 heteroatoms. The Morgan fingerprint density at radius 3 is 2.81 bits per heavy atom. The van der Waals surface area contributed by atoms with E-state index in [9.17, 15) is 4.39 Å². The van der Waals surface area contributed by atoms with Crippen molar-refractivity contribution in [2.45, 2.75) is 12.8 Å². The van der Waals surface area contributed by atoms with Crippen molar-refractivity contribution in [2.75, 3.05) is 6.54 Å². The van der Waals surface area contributed by atoms with Crippen molar-refractivity contribution < 1.29 is 4.39 Å². The minimum absolute atomic E-state index is 0.260. The van der Waals surface area contributed by atoms with E-state index in [2.05, 4.69) is 10.2 Å². The molecular formula is C11H12FN3S. The molecule has 0 radical (unpaired) electrons. The highest BCUT2D eigenvalue weighted by Crippen LogP contribution is 2.26. The molecule has 0 saturated carbocycles. The van der Waals surface area contributed by atoms with Crippen LogP contribution in [0.25, 0.3) is 10.6 Å². The summed E-state index contributed by atoms with van der Waals surface area (Å²) in [5, 5.41) is 9.54. The van der Waals surface area contributed by atoms with Crippen molar-refractivity contribution >= 4 is 11.3 Å². The second-order valence-corrected chi connectivity index (χ2v) is 4.44. The molecule has 0 aliphatic rings. The molecule has 0 aliphatic heterocycles. The van der Waals surface area contributed by atoms with Crippen molar-refractivity contribution in [1.82, 2.24) is 10.2 Å². The molecule has 1 aromatic carbocycles. The first-order valence-corrected chi connectivity index (χ1v) is 5.90. The maximum atomic E-state index is 13.5. The molecule has 2 rings (SSSR count). The second-order valence-electron chi connectivity index (χ2n) is 3.37. The maximum Gasteiger partial charge on any atom is 0.150 e. The predicted octanol–water partition coefficient (Wildman–Crippen LogP) is 2.24. The zero-order valence-corrected chi connectivity index (χ0v) is 9.51. The number of nitrogens with two attached hydrogens (primary N) is 1. The Bertz CT molecular complexity index is 470. The van der Waals surface area contributed by atoms with Crippen LogP contribution in [0.15, 0.2) is 24.3 Å². The quantitative estimate of drug-likeness (QED) is 0.887. The molecule has 0 aliphatic carbocycles. The summed E-state index contributed by atoms with van der Waals surface area (Å²) in [5.41, 5.74) is 5.93. The third-order valence-corrected chi connectivity index (χ3v) is 3.18. The van der Waals surface area contributed by atoms with Crippen LogP contribution >= 0.6 is 11.3 Å². The average molecular weight is 237 g/mol. The van der Waals surface area contributed by atoms with Gasteiger partial charge in [0.1, 0.15) is 10.8 Å². The number of hydrogen-bond donors (Lipinski definition) is 1. The Kier molecular flexibility index (Phi) is 3.58. The van der Waals surface area contributed by atoms with Crippen molar-refractivity contribution in [1.29, 1.82) is 0 Å². The van der Waals surface area contributed by atoms with E-state index < -0.39 is 0 Å². The van der Waals surface area contributed by atoms with Crippen LogP contribution in [0.5, 0.6) is 0 Å². The molecule has 16 heavy (non-hydrogen) atoms. The second kappa shape index (κ2) is 5.14. The predicted molar refractivity (Wildman–Crippen MR) is 62.7 cm³/mol. The van der Waals surface area contributed by atoms with E-state index in [-0.39, 0.29) is 5.82 Å².